The molecular weight excluding hydrogens is 96.0 g/mol. The summed E-state index contributed by atoms with van der Waals surface area (Å²) in [6.07, 6.45) is 1.30. The zero-order valence-electron chi connectivity index (χ0n) is 3.74. The van der Waals surface area contributed by atoms with Crippen molar-refractivity contribution in [3.05, 3.63) is 0 Å². The maximum absolute atomic E-state index is 8.30. The van der Waals surface area contributed by atoms with Crippen molar-refractivity contribution in [3.8, 4) is 0 Å². The lowest BCUT2D eigenvalue weighted by Gasteiger charge is -2.03. The molecule has 1 N–H and O–H groups in total. The number of nitrogens with zero attached hydrogens (tertiary/aromatic N) is 2. The summed E-state index contributed by atoms with van der Waals surface area (Å²) in [5, 5.41) is 13.3. The average Bonchev–Trinajstić information content (AvgIpc) is 2.14. The van der Waals surface area contributed by atoms with Crippen molar-refractivity contribution in [1.29, 1.82) is 0 Å². The Balaban J connectivity index is 2.28. The van der Waals surface area contributed by atoms with E-state index in [0.29, 0.717) is 6.73 Å². The number of ether oxygens (including phenoxy) is 1. The predicted octanol–water partition coefficient (Wildman–Crippen LogP) is -0.831. The van der Waals surface area contributed by atoms with Crippen molar-refractivity contribution in [1.82, 2.24) is 5.01 Å². The van der Waals surface area contributed by atoms with E-state index in [1.165, 1.54) is 11.4 Å². The van der Waals surface area contributed by atoms with E-state index in [1.807, 2.05) is 0 Å². The Morgan fingerprint density at radius 3 is 3.14 bits per heavy atom. The smallest absolute Gasteiger partial charge is 0.195 e. The van der Waals surface area contributed by atoms with Gasteiger partial charge in [0.15, 0.2) is 13.1 Å². The molecule has 0 aromatic heterocycles. The van der Waals surface area contributed by atoms with E-state index in [-0.39, 0.29) is 6.73 Å². The Morgan fingerprint density at radius 1 is 2.00 bits per heavy atom. The molecule has 0 spiro atoms. The van der Waals surface area contributed by atoms with Crippen LogP contribution in [0.25, 0.3) is 0 Å². The van der Waals surface area contributed by atoms with Gasteiger partial charge in [0.05, 0.1) is 0 Å². The van der Waals surface area contributed by atoms with E-state index in [1.54, 1.807) is 0 Å². The van der Waals surface area contributed by atoms with E-state index in [9.17, 15) is 0 Å². The van der Waals surface area contributed by atoms with Crippen LogP contribution in [0.4, 0.5) is 0 Å². The zero-order chi connectivity index (χ0) is 5.11. The van der Waals surface area contributed by atoms with Crippen LogP contribution in [0.1, 0.15) is 0 Å². The summed E-state index contributed by atoms with van der Waals surface area (Å²) >= 11 is 0. The van der Waals surface area contributed by atoms with Crippen LogP contribution >= 0.6 is 0 Å². The van der Waals surface area contributed by atoms with Gasteiger partial charge < -0.3 is 9.84 Å². The van der Waals surface area contributed by atoms with Gasteiger partial charge in [-0.05, 0) is 0 Å². The number of aliphatic hydroxyl groups excluding tert-OH is 1. The van der Waals surface area contributed by atoms with Crippen molar-refractivity contribution < 1.29 is 9.84 Å². The number of hydrogen-bond donors (Lipinski definition) is 1. The molecule has 0 aliphatic carbocycles. The van der Waals surface area contributed by atoms with Gasteiger partial charge >= 0.3 is 0 Å². The predicted molar refractivity (Wildman–Crippen MR) is 23.4 cm³/mol. The first-order valence-electron chi connectivity index (χ1n) is 1.93. The molecule has 0 aromatic carbocycles. The third kappa shape index (κ3) is 0.806. The van der Waals surface area contributed by atoms with Gasteiger partial charge in [-0.2, -0.15) is 0 Å². The molecule has 7 heavy (non-hydrogen) atoms. The summed E-state index contributed by atoms with van der Waals surface area (Å²) in [6.45, 7) is 0.299. The quantitative estimate of drug-likeness (QED) is 0.470. The van der Waals surface area contributed by atoms with Gasteiger partial charge in [0.25, 0.3) is 0 Å². The molecule has 0 amide bonds. The molecule has 0 aromatic rings. The summed E-state index contributed by atoms with van der Waals surface area (Å²) in [6, 6.07) is 0. The van der Waals surface area contributed by atoms with Crippen LogP contribution in [-0.2, 0) is 4.74 Å². The Labute approximate surface area is 41.0 Å². The van der Waals surface area contributed by atoms with Crippen LogP contribution in [0.2, 0.25) is 0 Å². The van der Waals surface area contributed by atoms with E-state index >= 15 is 0 Å². The van der Waals surface area contributed by atoms with Gasteiger partial charge in [-0.15, -0.1) is 5.10 Å². The molecule has 0 saturated carbocycles. The van der Waals surface area contributed by atoms with Crippen LogP contribution < -0.4 is 0 Å². The maximum atomic E-state index is 8.30. The van der Waals surface area contributed by atoms with Crippen molar-refractivity contribution in [3.63, 3.8) is 0 Å². The number of hydrazone groups is 1. The summed E-state index contributed by atoms with van der Waals surface area (Å²) < 4.78 is 4.62. The second-order valence-electron chi connectivity index (χ2n) is 1.16. The number of aliphatic hydroxyl groups is 1. The molecular formula is C3H6N2O2. The first-order valence-corrected chi connectivity index (χ1v) is 1.93. The van der Waals surface area contributed by atoms with Crippen molar-refractivity contribution in [2.75, 3.05) is 13.5 Å². The van der Waals surface area contributed by atoms with Crippen molar-refractivity contribution >= 4 is 6.40 Å². The lowest BCUT2D eigenvalue weighted by Crippen LogP contribution is -2.14. The lowest BCUT2D eigenvalue weighted by atomic mass is 11.0. The Bertz CT molecular complexity index is 83.0. The van der Waals surface area contributed by atoms with E-state index in [2.05, 4.69) is 9.84 Å². The summed E-state index contributed by atoms with van der Waals surface area (Å²) in [4.78, 5) is 0. The van der Waals surface area contributed by atoms with Crippen LogP contribution in [0.5, 0.6) is 0 Å². The minimum absolute atomic E-state index is 0.0729. The fourth-order valence-electron chi connectivity index (χ4n) is 0.330. The monoisotopic (exact) mass is 102 g/mol. The second kappa shape index (κ2) is 1.79. The van der Waals surface area contributed by atoms with Crippen molar-refractivity contribution in [2.24, 2.45) is 5.10 Å². The zero-order valence-corrected chi connectivity index (χ0v) is 3.74. The largest absolute Gasteiger partial charge is 0.459 e. The van der Waals surface area contributed by atoms with E-state index in [4.69, 9.17) is 5.11 Å². The third-order valence-electron chi connectivity index (χ3n) is 0.672. The Hall–Kier alpha value is -0.770. The van der Waals surface area contributed by atoms with Crippen LogP contribution in [0.15, 0.2) is 5.10 Å². The molecule has 4 nitrogen and oxygen atoms in total. The van der Waals surface area contributed by atoms with E-state index < -0.39 is 0 Å². The van der Waals surface area contributed by atoms with Crippen LogP contribution in [0, 0.1) is 0 Å². The number of hydrogen-bond acceptors (Lipinski definition) is 4. The topological polar surface area (TPSA) is 45.1 Å². The molecule has 0 fully saturated rings. The average molecular weight is 102 g/mol. The highest BCUT2D eigenvalue weighted by atomic mass is 16.5. The maximum Gasteiger partial charge on any atom is 0.195 e. The highest BCUT2D eigenvalue weighted by molar-refractivity contribution is 5.46. The molecule has 0 saturated heterocycles. The molecule has 1 aliphatic rings. The Morgan fingerprint density at radius 2 is 2.86 bits per heavy atom. The van der Waals surface area contributed by atoms with Crippen LogP contribution in [-0.4, -0.2) is 30.0 Å². The SMILES string of the molecule is OCN1COC=N1. The molecule has 0 unspecified atom stereocenters. The molecule has 1 heterocycles. The summed E-state index contributed by atoms with van der Waals surface area (Å²) in [5.74, 6) is 0. The number of rotatable bonds is 1. The van der Waals surface area contributed by atoms with Gasteiger partial charge in [-0.1, -0.05) is 0 Å². The summed E-state index contributed by atoms with van der Waals surface area (Å²) in [5.41, 5.74) is 0. The van der Waals surface area contributed by atoms with E-state index in [0.717, 1.165) is 0 Å². The summed E-state index contributed by atoms with van der Waals surface area (Å²) in [7, 11) is 0. The van der Waals surface area contributed by atoms with Crippen molar-refractivity contribution in [2.45, 2.75) is 0 Å². The highest BCUT2D eigenvalue weighted by Crippen LogP contribution is 1.91. The minimum atomic E-state index is -0.0729. The van der Waals surface area contributed by atoms with Gasteiger partial charge in [-0.25, -0.2) is 5.01 Å². The molecule has 1 aliphatic heterocycles. The Kier molecular flexibility index (Phi) is 1.12. The first kappa shape index (κ1) is 4.39. The third-order valence-corrected chi connectivity index (χ3v) is 0.672. The molecule has 0 bridgehead atoms. The standard InChI is InChI=1S/C3H6N2O2/c6-2-5-3-7-1-4-5/h1,6H,2-3H2. The fraction of sp³-hybridized carbons (Fsp3) is 0.667. The molecule has 40 valence electrons. The van der Waals surface area contributed by atoms with Gasteiger partial charge in [0.1, 0.15) is 6.73 Å². The lowest BCUT2D eigenvalue weighted by molar-refractivity contribution is 0.0691. The van der Waals surface area contributed by atoms with Crippen LogP contribution in [0.3, 0.4) is 0 Å². The molecule has 0 atom stereocenters. The van der Waals surface area contributed by atoms with Gasteiger partial charge in [0, 0.05) is 0 Å². The van der Waals surface area contributed by atoms with Gasteiger partial charge in [-0.3, -0.25) is 0 Å². The molecule has 4 heteroatoms. The fourth-order valence-corrected chi connectivity index (χ4v) is 0.330. The highest BCUT2D eigenvalue weighted by Gasteiger charge is 2.00. The minimum Gasteiger partial charge on any atom is -0.459 e. The van der Waals surface area contributed by atoms with Gasteiger partial charge in [0.2, 0.25) is 0 Å². The second-order valence-corrected chi connectivity index (χ2v) is 1.16. The first-order chi connectivity index (χ1) is 3.43. The molecule has 1 rings (SSSR count). The molecule has 0 radical (unpaired) electrons. The normalized spacial score (nSPS) is 17.6.